The SMILES string of the molecule is C1=CC(c2ccccc2)CC(c2nc(-c3ccccc3)nc(-c3ccccc3-n3c4ccccc4c4ccc5c6ccccc6n(-c6nc(-c7ccccc7)nc(-c7ccccc7)n6)c5c43)n2)=C1. The number of hydrogen-bond donors (Lipinski definition) is 0. The molecule has 13 rings (SSSR count). The topological polar surface area (TPSA) is 87.2 Å². The van der Waals surface area contributed by atoms with Crippen molar-refractivity contribution in [2.75, 3.05) is 0 Å². The van der Waals surface area contributed by atoms with Crippen LogP contribution >= 0.6 is 0 Å². The standard InChI is InChI=1S/C60H40N8/c1-5-20-39(21-6-1)43-28-19-29-44(38-43)58-61-55(40-22-7-2-8-23-40)63-59(64-58)49-32-15-18-35-52(49)67-50-33-16-13-30-45(50)47-36-37-48-46-31-14-17-34-51(46)68(54(48)53(47)67)60-65-56(41-24-9-3-10-25-41)62-57(66-60)42-26-11-4-12-27-42/h1-37,43H,38H2. The molecule has 8 aromatic carbocycles. The second-order valence-electron chi connectivity index (χ2n) is 17.1. The first-order chi connectivity index (χ1) is 33.7. The van der Waals surface area contributed by atoms with E-state index in [0.29, 0.717) is 35.1 Å². The van der Waals surface area contributed by atoms with Gasteiger partial charge in [-0.1, -0.05) is 200 Å². The maximum Gasteiger partial charge on any atom is 0.238 e. The quantitative estimate of drug-likeness (QED) is 0.151. The van der Waals surface area contributed by atoms with Crippen molar-refractivity contribution in [1.82, 2.24) is 39.0 Å². The van der Waals surface area contributed by atoms with Gasteiger partial charge in [0.25, 0.3) is 0 Å². The zero-order valence-corrected chi connectivity index (χ0v) is 36.7. The first-order valence-corrected chi connectivity index (χ1v) is 22.9. The molecule has 0 saturated heterocycles. The van der Waals surface area contributed by atoms with Crippen molar-refractivity contribution in [2.45, 2.75) is 12.3 Å². The maximum atomic E-state index is 5.38. The van der Waals surface area contributed by atoms with Gasteiger partial charge in [-0.2, -0.15) is 9.97 Å². The first-order valence-electron chi connectivity index (χ1n) is 22.9. The lowest BCUT2D eigenvalue weighted by atomic mass is 9.88. The molecule has 320 valence electrons. The minimum Gasteiger partial charge on any atom is -0.306 e. The van der Waals surface area contributed by atoms with Crippen LogP contribution in [0, 0.1) is 0 Å². The lowest BCUT2D eigenvalue weighted by Gasteiger charge is -2.19. The van der Waals surface area contributed by atoms with E-state index in [9.17, 15) is 0 Å². The number of hydrogen-bond acceptors (Lipinski definition) is 6. The van der Waals surface area contributed by atoms with E-state index in [1.807, 2.05) is 78.9 Å². The van der Waals surface area contributed by atoms with Gasteiger partial charge in [0.15, 0.2) is 29.1 Å². The van der Waals surface area contributed by atoms with Crippen molar-refractivity contribution in [3.05, 3.63) is 236 Å². The fourth-order valence-corrected chi connectivity index (χ4v) is 9.84. The molecule has 8 nitrogen and oxygen atoms in total. The fraction of sp³-hybridized carbons (Fsp3) is 0.0333. The van der Waals surface area contributed by atoms with Crippen LogP contribution in [0.15, 0.2) is 224 Å². The Kier molecular flexibility index (Phi) is 9.45. The Labute approximate surface area is 392 Å². The van der Waals surface area contributed by atoms with E-state index in [0.717, 1.165) is 83.5 Å². The molecule has 0 saturated carbocycles. The third kappa shape index (κ3) is 6.69. The Morgan fingerprint density at radius 3 is 1.44 bits per heavy atom. The molecule has 0 radical (unpaired) electrons. The molecule has 0 N–H and O–H groups in total. The van der Waals surface area contributed by atoms with Crippen molar-refractivity contribution in [3.63, 3.8) is 0 Å². The van der Waals surface area contributed by atoms with Gasteiger partial charge in [0.2, 0.25) is 5.95 Å². The molecule has 1 unspecified atom stereocenters. The van der Waals surface area contributed by atoms with Crippen LogP contribution in [0.1, 0.15) is 23.7 Å². The van der Waals surface area contributed by atoms with E-state index in [4.69, 9.17) is 29.9 Å². The van der Waals surface area contributed by atoms with Crippen LogP contribution in [0.25, 0.3) is 106 Å². The lowest BCUT2D eigenvalue weighted by molar-refractivity contribution is 0.853. The van der Waals surface area contributed by atoms with Crippen molar-refractivity contribution in [3.8, 4) is 57.2 Å². The molecule has 1 atom stereocenters. The highest BCUT2D eigenvalue weighted by atomic mass is 15.2. The van der Waals surface area contributed by atoms with Gasteiger partial charge in [-0.15, -0.1) is 0 Å². The Morgan fingerprint density at radius 2 is 0.824 bits per heavy atom. The summed E-state index contributed by atoms with van der Waals surface area (Å²) in [6.07, 6.45) is 7.31. The molecule has 0 fully saturated rings. The molecule has 1 aliphatic rings. The molecule has 0 bridgehead atoms. The molecule has 12 aromatic rings. The van der Waals surface area contributed by atoms with E-state index >= 15 is 0 Å². The zero-order valence-electron chi connectivity index (χ0n) is 36.7. The fourth-order valence-electron chi connectivity index (χ4n) is 9.84. The van der Waals surface area contributed by atoms with Crippen LogP contribution in [0.2, 0.25) is 0 Å². The third-order valence-electron chi connectivity index (χ3n) is 13.0. The Balaban J connectivity index is 1.09. The third-order valence-corrected chi connectivity index (χ3v) is 13.0. The van der Waals surface area contributed by atoms with Crippen molar-refractivity contribution in [2.24, 2.45) is 0 Å². The minimum atomic E-state index is 0.201. The number of rotatable bonds is 8. The smallest absolute Gasteiger partial charge is 0.238 e. The predicted octanol–water partition coefficient (Wildman–Crippen LogP) is 14.0. The summed E-state index contributed by atoms with van der Waals surface area (Å²) in [5.74, 6) is 3.79. The van der Waals surface area contributed by atoms with Crippen molar-refractivity contribution in [1.29, 1.82) is 0 Å². The monoisotopic (exact) mass is 872 g/mol. The van der Waals surface area contributed by atoms with Gasteiger partial charge in [-0.05, 0) is 41.8 Å². The minimum absolute atomic E-state index is 0.201. The predicted molar refractivity (Wildman–Crippen MR) is 275 cm³/mol. The average molecular weight is 873 g/mol. The number of aromatic nitrogens is 8. The lowest BCUT2D eigenvalue weighted by Crippen LogP contribution is -2.08. The summed E-state index contributed by atoms with van der Waals surface area (Å²) in [5.41, 5.74) is 10.9. The van der Waals surface area contributed by atoms with Crippen LogP contribution in [0.3, 0.4) is 0 Å². The molecule has 1 aliphatic carbocycles. The number of nitrogens with zero attached hydrogens (tertiary/aromatic N) is 8. The summed E-state index contributed by atoms with van der Waals surface area (Å²) in [6.45, 7) is 0. The summed E-state index contributed by atoms with van der Waals surface area (Å²) >= 11 is 0. The van der Waals surface area contributed by atoms with Gasteiger partial charge in [-0.3, -0.25) is 4.57 Å². The Bertz CT molecular complexity index is 3870. The molecule has 0 amide bonds. The van der Waals surface area contributed by atoms with E-state index in [2.05, 4.69) is 155 Å². The highest BCUT2D eigenvalue weighted by molar-refractivity contribution is 6.24. The number of allylic oxidation sites excluding steroid dienone is 4. The van der Waals surface area contributed by atoms with E-state index in [1.165, 1.54) is 5.56 Å². The summed E-state index contributed by atoms with van der Waals surface area (Å²) in [6, 6.07) is 71.3. The molecule has 68 heavy (non-hydrogen) atoms. The second-order valence-corrected chi connectivity index (χ2v) is 17.1. The molecular formula is C60H40N8. The van der Waals surface area contributed by atoms with E-state index in [-0.39, 0.29) is 5.92 Å². The summed E-state index contributed by atoms with van der Waals surface area (Å²) in [5, 5.41) is 4.39. The number of para-hydroxylation sites is 3. The van der Waals surface area contributed by atoms with Gasteiger partial charge < -0.3 is 4.57 Å². The van der Waals surface area contributed by atoms with E-state index < -0.39 is 0 Å². The highest BCUT2D eigenvalue weighted by Crippen LogP contribution is 2.43. The van der Waals surface area contributed by atoms with Crippen LogP contribution in [0.4, 0.5) is 0 Å². The van der Waals surface area contributed by atoms with Crippen molar-refractivity contribution < 1.29 is 0 Å². The van der Waals surface area contributed by atoms with Crippen LogP contribution < -0.4 is 0 Å². The Hall–Kier alpha value is -9.14. The molecule has 0 spiro atoms. The number of benzene rings is 8. The largest absolute Gasteiger partial charge is 0.306 e. The van der Waals surface area contributed by atoms with Crippen molar-refractivity contribution >= 4 is 49.2 Å². The first kappa shape index (κ1) is 39.2. The molecule has 8 heteroatoms. The van der Waals surface area contributed by atoms with Gasteiger partial charge in [-0.25, -0.2) is 19.9 Å². The molecule has 0 aliphatic heterocycles. The maximum absolute atomic E-state index is 5.38. The Morgan fingerprint density at radius 1 is 0.368 bits per heavy atom. The van der Waals surface area contributed by atoms with Gasteiger partial charge in [0.1, 0.15) is 0 Å². The molecule has 4 aromatic heterocycles. The molecule has 4 heterocycles. The highest BCUT2D eigenvalue weighted by Gasteiger charge is 2.26. The number of fused-ring (bicyclic) bond motifs is 7. The van der Waals surface area contributed by atoms with Gasteiger partial charge in [0, 0.05) is 49.7 Å². The normalized spacial score (nSPS) is 13.7. The van der Waals surface area contributed by atoms with Crippen LogP contribution in [-0.2, 0) is 0 Å². The van der Waals surface area contributed by atoms with Crippen LogP contribution in [0.5, 0.6) is 0 Å². The summed E-state index contributed by atoms with van der Waals surface area (Å²) in [4.78, 5) is 31.6. The second kappa shape index (κ2) is 16.4. The van der Waals surface area contributed by atoms with Gasteiger partial charge in [0.05, 0.1) is 27.8 Å². The zero-order chi connectivity index (χ0) is 45.0. The average Bonchev–Trinajstić information content (AvgIpc) is 3.95. The van der Waals surface area contributed by atoms with E-state index in [1.54, 1.807) is 0 Å². The molecular weight excluding hydrogens is 833 g/mol. The van der Waals surface area contributed by atoms with Gasteiger partial charge >= 0.3 is 0 Å². The summed E-state index contributed by atoms with van der Waals surface area (Å²) in [7, 11) is 0. The van der Waals surface area contributed by atoms with Crippen LogP contribution in [-0.4, -0.2) is 39.0 Å². The summed E-state index contributed by atoms with van der Waals surface area (Å²) < 4.78 is 4.61.